The molecular weight excluding hydrogens is 196 g/mol. The molecule has 1 rings (SSSR count). The molecule has 0 saturated heterocycles. The van der Waals surface area contributed by atoms with Gasteiger partial charge in [0, 0.05) is 13.0 Å². The standard InChI is InChI=1S/C11H12O3.H2O/c1-3-11(12)14-9(2)13-10-7-5-4-6-8-10;/h3-9H,1H2,2H3;1H2. The molecule has 4 heteroatoms. The number of esters is 1. The molecule has 4 nitrogen and oxygen atoms in total. The molecule has 2 N–H and O–H groups in total. The number of hydrogen-bond donors (Lipinski definition) is 0. The van der Waals surface area contributed by atoms with Gasteiger partial charge >= 0.3 is 5.97 Å². The van der Waals surface area contributed by atoms with E-state index in [0.29, 0.717) is 5.75 Å². The van der Waals surface area contributed by atoms with Crippen molar-refractivity contribution in [3.8, 4) is 5.75 Å². The molecule has 15 heavy (non-hydrogen) atoms. The maximum absolute atomic E-state index is 10.8. The van der Waals surface area contributed by atoms with Crippen LogP contribution in [-0.2, 0) is 9.53 Å². The molecule has 0 amide bonds. The molecule has 0 heterocycles. The molecule has 0 fully saturated rings. The summed E-state index contributed by atoms with van der Waals surface area (Å²) in [5.41, 5.74) is 0. The van der Waals surface area contributed by atoms with Crippen molar-refractivity contribution in [2.75, 3.05) is 0 Å². The quantitative estimate of drug-likeness (QED) is 0.427. The smallest absolute Gasteiger partial charge is 0.333 e. The lowest BCUT2D eigenvalue weighted by Crippen LogP contribution is -2.19. The third-order valence-electron chi connectivity index (χ3n) is 1.49. The second kappa shape index (κ2) is 6.62. The van der Waals surface area contributed by atoms with E-state index in [1.807, 2.05) is 18.2 Å². The molecule has 1 aromatic rings. The Bertz CT molecular complexity index is 308. The van der Waals surface area contributed by atoms with E-state index in [1.165, 1.54) is 0 Å². The summed E-state index contributed by atoms with van der Waals surface area (Å²) in [6, 6.07) is 9.15. The highest BCUT2D eigenvalue weighted by Gasteiger charge is 2.06. The van der Waals surface area contributed by atoms with E-state index in [1.54, 1.807) is 19.1 Å². The van der Waals surface area contributed by atoms with Crippen LogP contribution in [0, 0.1) is 0 Å². The van der Waals surface area contributed by atoms with E-state index in [4.69, 9.17) is 9.47 Å². The average molecular weight is 210 g/mol. The zero-order valence-corrected chi connectivity index (χ0v) is 8.47. The first-order valence-corrected chi connectivity index (χ1v) is 4.27. The Labute approximate surface area is 88.4 Å². The van der Waals surface area contributed by atoms with Gasteiger partial charge in [0.2, 0.25) is 6.29 Å². The summed E-state index contributed by atoms with van der Waals surface area (Å²) in [5.74, 6) is 0.172. The van der Waals surface area contributed by atoms with Crippen molar-refractivity contribution >= 4 is 5.97 Å². The van der Waals surface area contributed by atoms with Crippen LogP contribution in [0.2, 0.25) is 0 Å². The minimum atomic E-state index is -0.608. The number of ether oxygens (including phenoxy) is 2. The molecule has 0 saturated carbocycles. The molecule has 1 atom stereocenters. The Morgan fingerprint density at radius 2 is 2.00 bits per heavy atom. The van der Waals surface area contributed by atoms with E-state index in [9.17, 15) is 4.79 Å². The Hall–Kier alpha value is -1.81. The van der Waals surface area contributed by atoms with Gasteiger partial charge in [-0.25, -0.2) is 4.79 Å². The van der Waals surface area contributed by atoms with Crippen LogP contribution < -0.4 is 4.74 Å². The largest absolute Gasteiger partial charge is 0.455 e. The number of carbonyl (C=O) groups excluding carboxylic acids is 1. The summed E-state index contributed by atoms with van der Waals surface area (Å²) in [5, 5.41) is 0. The maximum Gasteiger partial charge on any atom is 0.333 e. The number of hydrogen-bond acceptors (Lipinski definition) is 3. The predicted octanol–water partition coefficient (Wildman–Crippen LogP) is 1.32. The third-order valence-corrected chi connectivity index (χ3v) is 1.49. The molecule has 1 aromatic carbocycles. The van der Waals surface area contributed by atoms with E-state index < -0.39 is 12.3 Å². The highest BCUT2D eigenvalue weighted by Crippen LogP contribution is 2.11. The van der Waals surface area contributed by atoms with E-state index >= 15 is 0 Å². The summed E-state index contributed by atoms with van der Waals surface area (Å²) in [6.07, 6.45) is 0.494. The summed E-state index contributed by atoms with van der Waals surface area (Å²) in [4.78, 5) is 10.8. The van der Waals surface area contributed by atoms with Crippen molar-refractivity contribution in [1.29, 1.82) is 0 Å². The van der Waals surface area contributed by atoms with Crippen LogP contribution in [0.4, 0.5) is 0 Å². The van der Waals surface area contributed by atoms with Gasteiger partial charge < -0.3 is 14.9 Å². The molecule has 0 aliphatic heterocycles. The van der Waals surface area contributed by atoms with Gasteiger partial charge in [0.15, 0.2) is 0 Å². The normalized spacial score (nSPS) is 10.7. The van der Waals surface area contributed by atoms with Gasteiger partial charge in [-0.2, -0.15) is 0 Å². The van der Waals surface area contributed by atoms with Gasteiger partial charge in [-0.15, -0.1) is 0 Å². The molecule has 0 aliphatic carbocycles. The molecule has 82 valence electrons. The zero-order chi connectivity index (χ0) is 10.4. The molecule has 0 radical (unpaired) electrons. The topological polar surface area (TPSA) is 67.0 Å². The number of para-hydroxylation sites is 1. The van der Waals surface area contributed by atoms with Crippen molar-refractivity contribution < 1.29 is 19.7 Å². The number of carbonyl (C=O) groups is 1. The van der Waals surface area contributed by atoms with Crippen molar-refractivity contribution in [2.24, 2.45) is 0 Å². The van der Waals surface area contributed by atoms with Gasteiger partial charge in [0.25, 0.3) is 0 Å². The Balaban J connectivity index is 0.00000196. The molecular formula is C11H14O4. The van der Waals surface area contributed by atoms with E-state index in [2.05, 4.69) is 6.58 Å². The van der Waals surface area contributed by atoms with Crippen LogP contribution >= 0.6 is 0 Å². The van der Waals surface area contributed by atoms with Crippen LogP contribution in [0.3, 0.4) is 0 Å². The van der Waals surface area contributed by atoms with E-state index in [-0.39, 0.29) is 5.48 Å². The fourth-order valence-electron chi connectivity index (χ4n) is 0.926. The minimum absolute atomic E-state index is 0. The third kappa shape index (κ3) is 4.83. The first-order valence-electron chi connectivity index (χ1n) is 4.27. The fourth-order valence-corrected chi connectivity index (χ4v) is 0.926. The average Bonchev–Trinajstić information content (AvgIpc) is 2.19. The van der Waals surface area contributed by atoms with Gasteiger partial charge in [-0.3, -0.25) is 0 Å². The first kappa shape index (κ1) is 13.2. The summed E-state index contributed by atoms with van der Waals surface area (Å²) < 4.78 is 10.1. The van der Waals surface area contributed by atoms with Crippen molar-refractivity contribution in [3.63, 3.8) is 0 Å². The number of rotatable bonds is 4. The van der Waals surface area contributed by atoms with E-state index in [0.717, 1.165) is 6.08 Å². The Kier molecular flexibility index (Phi) is 5.82. The summed E-state index contributed by atoms with van der Waals surface area (Å²) >= 11 is 0. The second-order valence-corrected chi connectivity index (χ2v) is 2.64. The predicted molar refractivity (Wildman–Crippen MR) is 56.4 cm³/mol. The Morgan fingerprint density at radius 3 is 2.53 bits per heavy atom. The monoisotopic (exact) mass is 210 g/mol. The lowest BCUT2D eigenvalue weighted by Gasteiger charge is -2.13. The maximum atomic E-state index is 10.8. The highest BCUT2D eigenvalue weighted by atomic mass is 16.7. The molecule has 0 aliphatic rings. The summed E-state index contributed by atoms with van der Waals surface area (Å²) in [7, 11) is 0. The van der Waals surface area contributed by atoms with Gasteiger partial charge in [-0.1, -0.05) is 24.8 Å². The van der Waals surface area contributed by atoms with Crippen LogP contribution in [0.25, 0.3) is 0 Å². The fraction of sp³-hybridized carbons (Fsp3) is 0.182. The highest BCUT2D eigenvalue weighted by molar-refractivity contribution is 5.81. The lowest BCUT2D eigenvalue weighted by atomic mass is 10.3. The van der Waals surface area contributed by atoms with Crippen molar-refractivity contribution in [1.82, 2.24) is 0 Å². The molecule has 0 bridgehead atoms. The van der Waals surface area contributed by atoms with Crippen molar-refractivity contribution in [3.05, 3.63) is 43.0 Å². The molecule has 0 spiro atoms. The molecule has 0 aromatic heterocycles. The minimum Gasteiger partial charge on any atom is -0.455 e. The second-order valence-electron chi connectivity index (χ2n) is 2.64. The SMILES string of the molecule is C=CC(=O)OC(C)Oc1ccccc1.O. The van der Waals surface area contributed by atoms with Gasteiger partial charge in [0.1, 0.15) is 5.75 Å². The van der Waals surface area contributed by atoms with Crippen LogP contribution in [0.15, 0.2) is 43.0 Å². The van der Waals surface area contributed by atoms with Gasteiger partial charge in [-0.05, 0) is 12.1 Å². The Morgan fingerprint density at radius 1 is 1.40 bits per heavy atom. The van der Waals surface area contributed by atoms with Crippen LogP contribution in [0.5, 0.6) is 5.75 Å². The first-order chi connectivity index (χ1) is 6.72. The van der Waals surface area contributed by atoms with Gasteiger partial charge in [0.05, 0.1) is 0 Å². The van der Waals surface area contributed by atoms with Crippen LogP contribution in [0.1, 0.15) is 6.92 Å². The number of benzene rings is 1. The zero-order valence-electron chi connectivity index (χ0n) is 8.47. The van der Waals surface area contributed by atoms with Crippen LogP contribution in [-0.4, -0.2) is 17.7 Å². The lowest BCUT2D eigenvalue weighted by molar-refractivity contribution is -0.154. The summed E-state index contributed by atoms with van der Waals surface area (Å²) in [6.45, 7) is 4.94. The van der Waals surface area contributed by atoms with Crippen molar-refractivity contribution in [2.45, 2.75) is 13.2 Å². The molecule has 1 unspecified atom stereocenters.